The Kier molecular flexibility index (Phi) is 11.1. The third kappa shape index (κ3) is 9.88. The number of rotatable bonds is 7. The van der Waals surface area contributed by atoms with Crippen molar-refractivity contribution in [1.29, 1.82) is 0 Å². The van der Waals surface area contributed by atoms with Crippen molar-refractivity contribution in [1.82, 2.24) is 15.5 Å². The van der Waals surface area contributed by atoms with Crippen LogP contribution in [0.3, 0.4) is 0 Å². The van der Waals surface area contributed by atoms with Crippen molar-refractivity contribution in [2.45, 2.75) is 32.5 Å². The summed E-state index contributed by atoms with van der Waals surface area (Å²) < 4.78 is 36.8. The van der Waals surface area contributed by atoms with E-state index in [1.165, 1.54) is 17.5 Å². The molecule has 0 amide bonds. The molecule has 144 valence electrons. The highest BCUT2D eigenvalue weighted by molar-refractivity contribution is 14.0. The van der Waals surface area contributed by atoms with Crippen LogP contribution in [0.5, 0.6) is 0 Å². The van der Waals surface area contributed by atoms with Gasteiger partial charge in [0.15, 0.2) is 5.96 Å². The van der Waals surface area contributed by atoms with Gasteiger partial charge in [0.25, 0.3) is 0 Å². The van der Waals surface area contributed by atoms with E-state index in [1.54, 1.807) is 7.05 Å². The van der Waals surface area contributed by atoms with Crippen LogP contribution < -0.4 is 10.6 Å². The fourth-order valence-electron chi connectivity index (χ4n) is 2.28. The van der Waals surface area contributed by atoms with Crippen LogP contribution in [0.1, 0.15) is 31.0 Å². The van der Waals surface area contributed by atoms with E-state index in [9.17, 15) is 13.2 Å². The van der Waals surface area contributed by atoms with E-state index in [-0.39, 0.29) is 36.6 Å². The van der Waals surface area contributed by atoms with Gasteiger partial charge in [-0.05, 0) is 31.5 Å². The molecule has 1 atom stereocenters. The first-order valence-corrected chi connectivity index (χ1v) is 8.06. The van der Waals surface area contributed by atoms with E-state index >= 15 is 0 Å². The van der Waals surface area contributed by atoms with Crippen molar-refractivity contribution in [2.75, 3.05) is 33.7 Å². The van der Waals surface area contributed by atoms with Gasteiger partial charge in [-0.15, -0.1) is 24.0 Å². The topological polar surface area (TPSA) is 39.7 Å². The average molecular weight is 472 g/mol. The molecule has 0 heterocycles. The number of nitrogens with zero attached hydrogens (tertiary/aromatic N) is 2. The molecular formula is C17H28F3IN4. The van der Waals surface area contributed by atoms with Crippen LogP contribution in [0.4, 0.5) is 13.2 Å². The van der Waals surface area contributed by atoms with Crippen molar-refractivity contribution in [3.8, 4) is 0 Å². The van der Waals surface area contributed by atoms with Crippen molar-refractivity contribution in [3.63, 3.8) is 0 Å². The van der Waals surface area contributed by atoms with Gasteiger partial charge in [0, 0.05) is 20.1 Å². The summed E-state index contributed by atoms with van der Waals surface area (Å²) in [6.07, 6.45) is -3.18. The van der Waals surface area contributed by atoms with Gasteiger partial charge in [-0.3, -0.25) is 9.89 Å². The predicted molar refractivity (Wildman–Crippen MR) is 108 cm³/mol. The fourth-order valence-corrected chi connectivity index (χ4v) is 2.28. The Morgan fingerprint density at radius 1 is 1.24 bits per heavy atom. The van der Waals surface area contributed by atoms with Crippen molar-refractivity contribution < 1.29 is 13.2 Å². The van der Waals surface area contributed by atoms with Gasteiger partial charge in [0.2, 0.25) is 0 Å². The maximum atomic E-state index is 12.3. The molecule has 0 radical (unpaired) electrons. The Morgan fingerprint density at radius 3 is 2.32 bits per heavy atom. The molecule has 1 rings (SSSR count). The highest BCUT2D eigenvalue weighted by Gasteiger charge is 2.28. The van der Waals surface area contributed by atoms with Gasteiger partial charge in [0.05, 0.1) is 12.6 Å². The van der Waals surface area contributed by atoms with E-state index in [1.807, 2.05) is 6.92 Å². The van der Waals surface area contributed by atoms with Gasteiger partial charge < -0.3 is 10.6 Å². The maximum absolute atomic E-state index is 12.3. The Morgan fingerprint density at radius 2 is 1.84 bits per heavy atom. The predicted octanol–water partition coefficient (Wildman–Crippen LogP) is 3.59. The number of likely N-dealkylation sites (N-methyl/N-ethyl adjacent to an activating group) is 1. The number of hydrogen-bond acceptors (Lipinski definition) is 2. The number of hydrogen-bond donors (Lipinski definition) is 2. The number of nitrogens with one attached hydrogen (secondary N) is 2. The summed E-state index contributed by atoms with van der Waals surface area (Å²) in [5.74, 6) is 0.572. The molecule has 1 aromatic carbocycles. The number of aryl methyl sites for hydroxylation is 1. The molecule has 8 heteroatoms. The van der Waals surface area contributed by atoms with Crippen LogP contribution in [0, 0.1) is 0 Å². The highest BCUT2D eigenvalue weighted by atomic mass is 127. The molecule has 2 N–H and O–H groups in total. The first-order chi connectivity index (χ1) is 11.2. The highest BCUT2D eigenvalue weighted by Crippen LogP contribution is 2.15. The lowest BCUT2D eigenvalue weighted by molar-refractivity contribution is -0.142. The summed E-state index contributed by atoms with van der Waals surface area (Å²) >= 11 is 0. The van der Waals surface area contributed by atoms with Gasteiger partial charge >= 0.3 is 6.18 Å². The van der Waals surface area contributed by atoms with E-state index < -0.39 is 12.7 Å². The molecule has 0 aliphatic rings. The Hall–Kier alpha value is -1.03. The van der Waals surface area contributed by atoms with E-state index in [4.69, 9.17) is 0 Å². The lowest BCUT2D eigenvalue weighted by Crippen LogP contribution is -2.43. The molecule has 0 bridgehead atoms. The monoisotopic (exact) mass is 472 g/mol. The molecule has 0 saturated carbocycles. The van der Waals surface area contributed by atoms with E-state index in [0.29, 0.717) is 12.5 Å². The molecule has 0 aliphatic carbocycles. The molecule has 0 aliphatic heterocycles. The summed E-state index contributed by atoms with van der Waals surface area (Å²) in [4.78, 5) is 5.34. The second kappa shape index (κ2) is 11.6. The zero-order valence-corrected chi connectivity index (χ0v) is 17.5. The maximum Gasteiger partial charge on any atom is 0.401 e. The van der Waals surface area contributed by atoms with Crippen LogP contribution in [-0.4, -0.2) is 50.8 Å². The zero-order valence-electron chi connectivity index (χ0n) is 15.2. The minimum atomic E-state index is -4.17. The SMILES string of the molecule is CCc1ccc(C(C)NC(=NC)NCCN(C)CC(F)(F)F)cc1.I. The van der Waals surface area contributed by atoms with Crippen LogP contribution in [-0.2, 0) is 6.42 Å². The standard InChI is InChI=1S/C17H27F3N4.HI/c1-5-14-6-8-15(9-7-14)13(2)23-16(21-3)22-10-11-24(4)12-17(18,19)20;/h6-9,13H,5,10-12H2,1-4H3,(H2,21,22,23);1H. The summed E-state index contributed by atoms with van der Waals surface area (Å²) in [5, 5.41) is 6.28. The summed E-state index contributed by atoms with van der Waals surface area (Å²) in [6.45, 7) is 3.87. The van der Waals surface area contributed by atoms with E-state index in [2.05, 4.69) is 46.8 Å². The average Bonchev–Trinajstić information content (AvgIpc) is 2.52. The number of benzene rings is 1. The van der Waals surface area contributed by atoms with Gasteiger partial charge in [-0.25, -0.2) is 0 Å². The molecule has 0 aromatic heterocycles. The molecule has 4 nitrogen and oxygen atoms in total. The minimum absolute atomic E-state index is 0. The Labute approximate surface area is 165 Å². The smallest absolute Gasteiger partial charge is 0.355 e. The lowest BCUT2D eigenvalue weighted by atomic mass is 10.1. The second-order valence-corrected chi connectivity index (χ2v) is 5.81. The lowest BCUT2D eigenvalue weighted by Gasteiger charge is -2.21. The van der Waals surface area contributed by atoms with Crippen LogP contribution in [0.15, 0.2) is 29.3 Å². The largest absolute Gasteiger partial charge is 0.401 e. The number of alkyl halides is 3. The number of aliphatic imine (C=N–C) groups is 1. The van der Waals surface area contributed by atoms with Gasteiger partial charge in [0.1, 0.15) is 0 Å². The first-order valence-electron chi connectivity index (χ1n) is 8.06. The summed E-state index contributed by atoms with van der Waals surface area (Å²) in [6, 6.07) is 8.38. The third-order valence-electron chi connectivity index (χ3n) is 3.70. The molecular weight excluding hydrogens is 444 g/mol. The number of guanidine groups is 1. The quantitative estimate of drug-likeness (QED) is 0.362. The van der Waals surface area contributed by atoms with Crippen LogP contribution in [0.25, 0.3) is 0 Å². The van der Waals surface area contributed by atoms with Crippen LogP contribution in [0.2, 0.25) is 0 Å². The van der Waals surface area contributed by atoms with Crippen molar-refractivity contribution >= 4 is 29.9 Å². The molecule has 0 fully saturated rings. The molecule has 1 aromatic rings. The first kappa shape index (κ1) is 24.0. The van der Waals surface area contributed by atoms with Crippen molar-refractivity contribution in [3.05, 3.63) is 35.4 Å². The summed E-state index contributed by atoms with van der Waals surface area (Å²) in [5.41, 5.74) is 2.41. The number of halogens is 4. The molecule has 25 heavy (non-hydrogen) atoms. The molecule has 0 saturated heterocycles. The van der Waals surface area contributed by atoms with Crippen molar-refractivity contribution in [2.24, 2.45) is 4.99 Å². The van der Waals surface area contributed by atoms with Gasteiger partial charge in [-0.1, -0.05) is 31.2 Å². The third-order valence-corrected chi connectivity index (χ3v) is 3.70. The normalized spacial score (nSPS) is 13.4. The minimum Gasteiger partial charge on any atom is -0.355 e. The van der Waals surface area contributed by atoms with Gasteiger partial charge in [-0.2, -0.15) is 13.2 Å². The Bertz CT molecular complexity index is 518. The second-order valence-electron chi connectivity index (χ2n) is 5.81. The summed E-state index contributed by atoms with van der Waals surface area (Å²) in [7, 11) is 3.09. The Balaban J connectivity index is 0.00000576. The molecule has 1 unspecified atom stereocenters. The zero-order chi connectivity index (χ0) is 18.2. The van der Waals surface area contributed by atoms with E-state index in [0.717, 1.165) is 12.0 Å². The fraction of sp³-hybridized carbons (Fsp3) is 0.588. The molecule has 0 spiro atoms. The van der Waals surface area contributed by atoms with Crippen LogP contribution >= 0.6 is 24.0 Å².